The minimum absolute atomic E-state index is 0.0321. The molecule has 35 heavy (non-hydrogen) atoms. The Balaban J connectivity index is 1.81. The van der Waals surface area contributed by atoms with Crippen molar-refractivity contribution >= 4 is 16.1 Å². The van der Waals surface area contributed by atoms with Crippen LogP contribution in [0.15, 0.2) is 65.6 Å². The molecule has 10 heteroatoms. The fourth-order valence-corrected chi connectivity index (χ4v) is 4.98. The molecule has 1 aliphatic heterocycles. The number of carbonyl (C=O) groups excluding carboxylic acids is 1. The molecule has 0 aliphatic carbocycles. The monoisotopic (exact) mass is 506 g/mol. The van der Waals surface area contributed by atoms with E-state index in [1.165, 1.54) is 12.1 Å². The minimum Gasteiger partial charge on any atom is -0.444 e. The van der Waals surface area contributed by atoms with Crippen molar-refractivity contribution in [1.29, 1.82) is 0 Å². The van der Waals surface area contributed by atoms with Crippen molar-refractivity contribution in [2.24, 2.45) is 0 Å². The zero-order valence-corrected chi connectivity index (χ0v) is 21.1. The van der Waals surface area contributed by atoms with Crippen molar-refractivity contribution in [2.45, 2.75) is 62.4 Å². The van der Waals surface area contributed by atoms with Gasteiger partial charge in [-0.3, -0.25) is 4.84 Å². The molecule has 1 aliphatic rings. The maximum absolute atomic E-state index is 13.3. The summed E-state index contributed by atoms with van der Waals surface area (Å²) in [6, 6.07) is 16.3. The van der Waals surface area contributed by atoms with E-state index in [1.807, 2.05) is 30.3 Å². The second kappa shape index (κ2) is 12.0. The summed E-state index contributed by atoms with van der Waals surface area (Å²) in [5.74, 6) is 0. The normalized spacial score (nSPS) is 18.3. The Morgan fingerprint density at radius 3 is 2.34 bits per heavy atom. The maximum atomic E-state index is 13.3. The van der Waals surface area contributed by atoms with Gasteiger partial charge in [-0.05, 0) is 44.9 Å². The van der Waals surface area contributed by atoms with Crippen LogP contribution in [-0.4, -0.2) is 67.7 Å². The summed E-state index contributed by atoms with van der Waals surface area (Å²) in [6.45, 7) is 5.58. The van der Waals surface area contributed by atoms with Gasteiger partial charge in [0.15, 0.2) is 0 Å². The van der Waals surface area contributed by atoms with Gasteiger partial charge < -0.3 is 19.9 Å². The molecule has 9 nitrogen and oxygen atoms in total. The Labute approximate surface area is 207 Å². The first-order chi connectivity index (χ1) is 16.5. The summed E-state index contributed by atoms with van der Waals surface area (Å²) in [6.07, 6.45) is -1.50. The van der Waals surface area contributed by atoms with Gasteiger partial charge in [0.25, 0.3) is 10.0 Å². The van der Waals surface area contributed by atoms with Gasteiger partial charge in [0, 0.05) is 6.42 Å². The van der Waals surface area contributed by atoms with E-state index in [1.54, 1.807) is 39.0 Å². The topological polar surface area (TPSA) is 114 Å². The molecule has 0 aromatic heterocycles. The van der Waals surface area contributed by atoms with E-state index in [9.17, 15) is 18.3 Å². The number of rotatable bonds is 10. The van der Waals surface area contributed by atoms with Crippen LogP contribution < -0.4 is 5.32 Å². The summed E-state index contributed by atoms with van der Waals surface area (Å²) in [5.41, 5.74) is 0.000895. The van der Waals surface area contributed by atoms with Crippen LogP contribution in [0.4, 0.5) is 4.79 Å². The van der Waals surface area contributed by atoms with Crippen LogP contribution in [0.25, 0.3) is 0 Å². The minimum atomic E-state index is -4.09. The van der Waals surface area contributed by atoms with Gasteiger partial charge in [-0.25, -0.2) is 13.2 Å². The van der Waals surface area contributed by atoms with Gasteiger partial charge in [0.1, 0.15) is 6.10 Å². The molecule has 0 spiro atoms. The molecule has 0 saturated carbocycles. The Morgan fingerprint density at radius 1 is 1.14 bits per heavy atom. The van der Waals surface area contributed by atoms with Crippen molar-refractivity contribution in [3.8, 4) is 0 Å². The number of nitrogens with one attached hydrogen (secondary N) is 1. The molecule has 2 aromatic carbocycles. The van der Waals surface area contributed by atoms with Crippen LogP contribution in [0.2, 0.25) is 0 Å². The molecule has 1 amide bonds. The number of amides is 1. The van der Waals surface area contributed by atoms with Crippen LogP contribution in [-0.2, 0) is 30.8 Å². The first-order valence-electron chi connectivity index (χ1n) is 11.6. The number of hydrogen-bond donors (Lipinski definition) is 2. The lowest BCUT2D eigenvalue weighted by Crippen LogP contribution is -2.52. The third kappa shape index (κ3) is 8.29. The number of alkyl carbamates (subject to hydrolysis) is 1. The number of hydrogen-bond acceptors (Lipinski definition) is 7. The molecule has 1 heterocycles. The highest BCUT2D eigenvalue weighted by Crippen LogP contribution is 2.22. The van der Waals surface area contributed by atoms with Gasteiger partial charge in [-0.2, -0.15) is 0 Å². The standard InChI is InChI=1S/C25H34N2O7S/c1-25(2,3)34-27(35(30,31)21-12-8-5-9-13-21)17-23(28)22(16-19-10-6-4-7-11-19)26-24(29)33-20-14-15-32-18-20/h4-13,20,22-23,28H,14-18H2,1-3H3,(H,26,29)/t20?,22-,23+/m0/s1. The van der Waals surface area contributed by atoms with Crippen molar-refractivity contribution < 1.29 is 32.6 Å². The van der Waals surface area contributed by atoms with E-state index < -0.39 is 40.4 Å². The Kier molecular flexibility index (Phi) is 9.26. The third-order valence-corrected chi connectivity index (χ3v) is 6.88. The number of ether oxygens (including phenoxy) is 2. The van der Waals surface area contributed by atoms with Gasteiger partial charge in [0.2, 0.25) is 0 Å². The molecular weight excluding hydrogens is 472 g/mol. The Bertz CT molecular complexity index is 1040. The predicted octanol–water partition coefficient (Wildman–Crippen LogP) is 2.89. The second-order valence-electron chi connectivity index (χ2n) is 9.41. The number of sulfonamides is 1. The highest BCUT2D eigenvalue weighted by molar-refractivity contribution is 7.89. The van der Waals surface area contributed by atoms with Crippen LogP contribution >= 0.6 is 0 Å². The predicted molar refractivity (Wildman–Crippen MR) is 130 cm³/mol. The van der Waals surface area contributed by atoms with E-state index in [4.69, 9.17) is 14.3 Å². The van der Waals surface area contributed by atoms with E-state index >= 15 is 0 Å². The van der Waals surface area contributed by atoms with E-state index in [0.717, 1.165) is 10.0 Å². The molecular formula is C25H34N2O7S. The average molecular weight is 507 g/mol. The number of benzene rings is 2. The van der Waals surface area contributed by atoms with Crippen LogP contribution in [0.1, 0.15) is 32.8 Å². The second-order valence-corrected chi connectivity index (χ2v) is 11.2. The number of nitrogens with zero attached hydrogens (tertiary/aromatic N) is 1. The molecule has 2 aromatic rings. The smallest absolute Gasteiger partial charge is 0.407 e. The molecule has 1 unspecified atom stereocenters. The fraction of sp³-hybridized carbons (Fsp3) is 0.480. The molecule has 1 saturated heterocycles. The molecule has 3 atom stereocenters. The highest BCUT2D eigenvalue weighted by Gasteiger charge is 2.35. The summed E-state index contributed by atoms with van der Waals surface area (Å²) >= 11 is 0. The van der Waals surface area contributed by atoms with Crippen LogP contribution in [0.5, 0.6) is 0 Å². The summed E-state index contributed by atoms with van der Waals surface area (Å²) in [5, 5.41) is 13.9. The maximum Gasteiger partial charge on any atom is 0.407 e. The molecule has 192 valence electrons. The van der Waals surface area contributed by atoms with Crippen molar-refractivity contribution in [2.75, 3.05) is 19.8 Å². The summed E-state index contributed by atoms with van der Waals surface area (Å²) in [4.78, 5) is 18.4. The lowest BCUT2D eigenvalue weighted by atomic mass is 10.0. The van der Waals surface area contributed by atoms with Crippen LogP contribution in [0, 0.1) is 0 Å². The average Bonchev–Trinajstić information content (AvgIpc) is 3.31. The summed E-state index contributed by atoms with van der Waals surface area (Å²) in [7, 11) is -4.09. The molecule has 3 rings (SSSR count). The lowest BCUT2D eigenvalue weighted by Gasteiger charge is -2.33. The summed E-state index contributed by atoms with van der Waals surface area (Å²) < 4.78 is 38.1. The first kappa shape index (κ1) is 27.1. The Hall–Kier alpha value is -2.50. The number of hydroxylamine groups is 1. The van der Waals surface area contributed by atoms with E-state index in [2.05, 4.69) is 5.32 Å². The number of carbonyl (C=O) groups is 1. The lowest BCUT2D eigenvalue weighted by molar-refractivity contribution is -0.181. The number of aliphatic hydroxyl groups excluding tert-OH is 1. The van der Waals surface area contributed by atoms with E-state index in [-0.39, 0.29) is 17.4 Å². The van der Waals surface area contributed by atoms with Gasteiger partial charge in [0.05, 0.1) is 42.4 Å². The van der Waals surface area contributed by atoms with Crippen molar-refractivity contribution in [3.63, 3.8) is 0 Å². The molecule has 0 bridgehead atoms. The van der Waals surface area contributed by atoms with E-state index in [0.29, 0.717) is 19.6 Å². The highest BCUT2D eigenvalue weighted by atomic mass is 32.2. The van der Waals surface area contributed by atoms with Crippen molar-refractivity contribution in [3.05, 3.63) is 66.2 Å². The zero-order valence-electron chi connectivity index (χ0n) is 20.3. The quantitative estimate of drug-likeness (QED) is 0.476. The van der Waals surface area contributed by atoms with Gasteiger partial charge in [-0.15, -0.1) is 0 Å². The van der Waals surface area contributed by atoms with Gasteiger partial charge in [-0.1, -0.05) is 53.0 Å². The largest absolute Gasteiger partial charge is 0.444 e. The molecule has 0 radical (unpaired) electrons. The third-order valence-electron chi connectivity index (χ3n) is 5.25. The first-order valence-corrected chi connectivity index (χ1v) is 13.0. The Morgan fingerprint density at radius 2 is 1.77 bits per heavy atom. The number of aliphatic hydroxyl groups is 1. The van der Waals surface area contributed by atoms with Gasteiger partial charge >= 0.3 is 6.09 Å². The fourth-order valence-electron chi connectivity index (χ4n) is 3.57. The van der Waals surface area contributed by atoms with Crippen molar-refractivity contribution in [1.82, 2.24) is 9.79 Å². The zero-order chi connectivity index (χ0) is 25.5. The van der Waals surface area contributed by atoms with Crippen LogP contribution in [0.3, 0.4) is 0 Å². The molecule has 1 fully saturated rings. The molecule has 2 N–H and O–H groups in total. The SMILES string of the molecule is CC(C)(C)ON(C[C@@H](O)[C@H](Cc1ccccc1)NC(=O)OC1CCOC1)S(=O)(=O)c1ccccc1.